The van der Waals surface area contributed by atoms with E-state index in [0.717, 1.165) is 5.92 Å². The minimum Gasteiger partial charge on any atom is -0.0808 e. The lowest BCUT2D eigenvalue weighted by atomic mass is 9.96. The molecular formula is C10H13. The normalized spacial score (nSPS) is 32.1. The van der Waals surface area contributed by atoms with Crippen molar-refractivity contribution in [2.24, 2.45) is 11.8 Å². The fourth-order valence-corrected chi connectivity index (χ4v) is 1.33. The molecule has 0 saturated heterocycles. The lowest BCUT2D eigenvalue weighted by molar-refractivity contribution is 0.855. The first kappa shape index (κ1) is 6.21. The van der Waals surface area contributed by atoms with Crippen LogP contribution in [-0.4, -0.2) is 0 Å². The van der Waals surface area contributed by atoms with Crippen LogP contribution in [0.2, 0.25) is 0 Å². The van der Waals surface area contributed by atoms with Crippen molar-refractivity contribution in [2.45, 2.75) is 19.8 Å². The van der Waals surface area contributed by atoms with E-state index in [1.165, 1.54) is 12.8 Å². The highest BCUT2D eigenvalue weighted by Crippen LogP contribution is 2.38. The van der Waals surface area contributed by atoms with Gasteiger partial charge < -0.3 is 0 Å². The lowest BCUT2D eigenvalue weighted by Crippen LogP contribution is -1.95. The summed E-state index contributed by atoms with van der Waals surface area (Å²) in [4.78, 5) is 0. The molecule has 0 aromatic carbocycles. The first-order valence-electron chi connectivity index (χ1n) is 4.09. The maximum atomic E-state index is 2.29. The van der Waals surface area contributed by atoms with Gasteiger partial charge in [0, 0.05) is 0 Å². The van der Waals surface area contributed by atoms with Crippen LogP contribution in [0.5, 0.6) is 0 Å². The van der Waals surface area contributed by atoms with E-state index in [1.54, 1.807) is 5.57 Å². The van der Waals surface area contributed by atoms with E-state index < -0.39 is 0 Å². The number of hydrogen-bond acceptors (Lipinski definition) is 0. The number of allylic oxidation sites excluding steroid dienone is 4. The van der Waals surface area contributed by atoms with Crippen molar-refractivity contribution in [3.63, 3.8) is 0 Å². The summed E-state index contributed by atoms with van der Waals surface area (Å²) in [5.41, 5.74) is 1.55. The summed E-state index contributed by atoms with van der Waals surface area (Å²) >= 11 is 0. The quantitative estimate of drug-likeness (QED) is 0.516. The molecule has 1 radical (unpaired) electrons. The molecule has 1 fully saturated rings. The standard InChI is InChI=1S/C10H13/c1-8-2-4-9(5-3-8)10-6-7-10/h2-5,8,10H,6-7H2,1H3. The SMILES string of the molecule is CC1[CH]C=C(C2CC2)C=C1. The van der Waals surface area contributed by atoms with Crippen molar-refractivity contribution in [3.05, 3.63) is 30.2 Å². The van der Waals surface area contributed by atoms with E-state index in [1.807, 2.05) is 0 Å². The summed E-state index contributed by atoms with van der Waals surface area (Å²) in [7, 11) is 0. The summed E-state index contributed by atoms with van der Waals surface area (Å²) in [5.74, 6) is 1.57. The fourth-order valence-electron chi connectivity index (χ4n) is 1.33. The van der Waals surface area contributed by atoms with Gasteiger partial charge in [0.25, 0.3) is 0 Å². The van der Waals surface area contributed by atoms with Gasteiger partial charge >= 0.3 is 0 Å². The molecule has 0 heteroatoms. The molecule has 2 aliphatic carbocycles. The Hall–Kier alpha value is -0.520. The molecule has 0 heterocycles. The third-order valence-corrected chi connectivity index (χ3v) is 2.23. The summed E-state index contributed by atoms with van der Waals surface area (Å²) in [5, 5.41) is 0. The van der Waals surface area contributed by atoms with Crippen LogP contribution in [0.3, 0.4) is 0 Å². The van der Waals surface area contributed by atoms with Gasteiger partial charge in [0.15, 0.2) is 0 Å². The fraction of sp³-hybridized carbons (Fsp3) is 0.500. The summed E-state index contributed by atoms with van der Waals surface area (Å²) in [6, 6.07) is 0. The molecule has 2 rings (SSSR count). The van der Waals surface area contributed by atoms with Gasteiger partial charge in [-0.15, -0.1) is 0 Å². The Bertz CT molecular complexity index is 182. The van der Waals surface area contributed by atoms with Crippen molar-refractivity contribution in [3.8, 4) is 0 Å². The van der Waals surface area contributed by atoms with Gasteiger partial charge in [0.1, 0.15) is 0 Å². The van der Waals surface area contributed by atoms with Crippen LogP contribution < -0.4 is 0 Å². The monoisotopic (exact) mass is 133 g/mol. The summed E-state index contributed by atoms with van der Waals surface area (Å²) in [6.45, 7) is 2.22. The van der Waals surface area contributed by atoms with Crippen molar-refractivity contribution in [2.75, 3.05) is 0 Å². The topological polar surface area (TPSA) is 0 Å². The summed E-state index contributed by atoms with van der Waals surface area (Å²) < 4.78 is 0. The molecule has 0 aromatic heterocycles. The Morgan fingerprint density at radius 1 is 1.40 bits per heavy atom. The average molecular weight is 133 g/mol. The van der Waals surface area contributed by atoms with Crippen molar-refractivity contribution in [1.29, 1.82) is 0 Å². The molecule has 10 heavy (non-hydrogen) atoms. The van der Waals surface area contributed by atoms with Crippen LogP contribution >= 0.6 is 0 Å². The van der Waals surface area contributed by atoms with Gasteiger partial charge in [0.2, 0.25) is 0 Å². The zero-order chi connectivity index (χ0) is 6.97. The molecule has 0 nitrogen and oxygen atoms in total. The van der Waals surface area contributed by atoms with E-state index in [9.17, 15) is 0 Å². The minimum absolute atomic E-state index is 0.655. The molecule has 53 valence electrons. The van der Waals surface area contributed by atoms with Crippen LogP contribution in [0.25, 0.3) is 0 Å². The van der Waals surface area contributed by atoms with Crippen LogP contribution in [0, 0.1) is 18.3 Å². The molecule has 0 bridgehead atoms. The predicted molar refractivity (Wildman–Crippen MR) is 43.4 cm³/mol. The number of rotatable bonds is 1. The smallest absolute Gasteiger partial charge is 0.00984 e. The second-order valence-corrected chi connectivity index (χ2v) is 3.35. The first-order chi connectivity index (χ1) is 4.86. The number of hydrogen-bond donors (Lipinski definition) is 0. The van der Waals surface area contributed by atoms with Gasteiger partial charge in [-0.05, 0) is 36.7 Å². The lowest BCUT2D eigenvalue weighted by Gasteiger charge is -2.09. The maximum absolute atomic E-state index is 2.29. The molecule has 2 aliphatic rings. The largest absolute Gasteiger partial charge is 0.0808 e. The maximum Gasteiger partial charge on any atom is -0.00984 e. The minimum atomic E-state index is 0.655. The Morgan fingerprint density at radius 3 is 2.70 bits per heavy atom. The Balaban J connectivity index is 2.04. The molecular weight excluding hydrogens is 120 g/mol. The molecule has 0 aromatic rings. The van der Waals surface area contributed by atoms with Crippen molar-refractivity contribution >= 4 is 0 Å². The Morgan fingerprint density at radius 2 is 2.20 bits per heavy atom. The predicted octanol–water partition coefficient (Wildman–Crippen LogP) is 2.73. The Kier molecular flexibility index (Phi) is 1.40. The van der Waals surface area contributed by atoms with Gasteiger partial charge in [-0.25, -0.2) is 0 Å². The van der Waals surface area contributed by atoms with E-state index >= 15 is 0 Å². The molecule has 0 aliphatic heterocycles. The van der Waals surface area contributed by atoms with Crippen LogP contribution in [0.4, 0.5) is 0 Å². The summed E-state index contributed by atoms with van der Waals surface area (Å²) in [6.07, 6.45) is 12.0. The third-order valence-electron chi connectivity index (χ3n) is 2.23. The molecule has 0 N–H and O–H groups in total. The van der Waals surface area contributed by atoms with Gasteiger partial charge in [0.05, 0.1) is 0 Å². The third kappa shape index (κ3) is 1.16. The van der Waals surface area contributed by atoms with Crippen LogP contribution in [-0.2, 0) is 0 Å². The highest BCUT2D eigenvalue weighted by molar-refractivity contribution is 5.32. The highest BCUT2D eigenvalue weighted by Gasteiger charge is 2.25. The van der Waals surface area contributed by atoms with E-state index in [-0.39, 0.29) is 0 Å². The second kappa shape index (κ2) is 2.26. The molecule has 1 unspecified atom stereocenters. The van der Waals surface area contributed by atoms with E-state index in [0.29, 0.717) is 5.92 Å². The van der Waals surface area contributed by atoms with E-state index in [4.69, 9.17) is 0 Å². The zero-order valence-corrected chi connectivity index (χ0v) is 6.38. The second-order valence-electron chi connectivity index (χ2n) is 3.35. The molecule has 1 atom stereocenters. The molecule has 0 amide bonds. The Labute approximate surface area is 62.6 Å². The first-order valence-corrected chi connectivity index (χ1v) is 4.09. The van der Waals surface area contributed by atoms with Gasteiger partial charge in [-0.1, -0.05) is 25.2 Å². The van der Waals surface area contributed by atoms with Gasteiger partial charge in [-0.2, -0.15) is 0 Å². The van der Waals surface area contributed by atoms with Gasteiger partial charge in [-0.3, -0.25) is 0 Å². The van der Waals surface area contributed by atoms with Crippen molar-refractivity contribution < 1.29 is 0 Å². The highest BCUT2D eigenvalue weighted by atomic mass is 14.3. The average Bonchev–Trinajstić information content (AvgIpc) is 2.71. The van der Waals surface area contributed by atoms with Crippen molar-refractivity contribution in [1.82, 2.24) is 0 Å². The van der Waals surface area contributed by atoms with Crippen LogP contribution in [0.1, 0.15) is 19.8 Å². The molecule has 0 spiro atoms. The van der Waals surface area contributed by atoms with Crippen LogP contribution in [0.15, 0.2) is 23.8 Å². The van der Waals surface area contributed by atoms with E-state index in [2.05, 4.69) is 31.6 Å². The zero-order valence-electron chi connectivity index (χ0n) is 6.38. The molecule has 1 saturated carbocycles.